The molecule has 7 nitrogen and oxygen atoms in total. The van der Waals surface area contributed by atoms with Crippen molar-refractivity contribution in [2.75, 3.05) is 0 Å². The Balaban J connectivity index is 1.99. The topological polar surface area (TPSA) is 93.3 Å². The normalized spacial score (nSPS) is 14.5. The molecule has 1 N–H and O–H groups in total. The van der Waals surface area contributed by atoms with Gasteiger partial charge in [0.1, 0.15) is 0 Å². The quantitative estimate of drug-likeness (QED) is 0.504. The highest BCUT2D eigenvalue weighted by Gasteiger charge is 2.20. The van der Waals surface area contributed by atoms with Gasteiger partial charge in [-0.25, -0.2) is 4.68 Å². The molecule has 0 aliphatic heterocycles. The lowest BCUT2D eigenvalue weighted by Gasteiger charge is -2.01. The molecule has 1 aromatic carbocycles. The van der Waals surface area contributed by atoms with Crippen molar-refractivity contribution in [2.45, 2.75) is 38.6 Å². The van der Waals surface area contributed by atoms with E-state index in [2.05, 4.69) is 10.1 Å². The van der Waals surface area contributed by atoms with E-state index in [1.165, 1.54) is 16.8 Å². The summed E-state index contributed by atoms with van der Waals surface area (Å²) in [6, 6.07) is 6.26. The van der Waals surface area contributed by atoms with Gasteiger partial charge in [-0.1, -0.05) is 13.3 Å². The smallest absolute Gasteiger partial charge is 0.280 e. The van der Waals surface area contributed by atoms with Gasteiger partial charge in [0.05, 0.1) is 22.2 Å². The molecule has 0 bridgehead atoms. The maximum absolute atomic E-state index is 12.6. The lowest BCUT2D eigenvalue weighted by Crippen LogP contribution is -2.17. The Morgan fingerprint density at radius 3 is 2.65 bits per heavy atom. The molecule has 0 amide bonds. The molecule has 1 fully saturated rings. The van der Waals surface area contributed by atoms with Gasteiger partial charge in [-0.2, -0.15) is 0 Å². The molecule has 1 aliphatic rings. The van der Waals surface area contributed by atoms with Gasteiger partial charge in [-0.3, -0.25) is 25.0 Å². The van der Waals surface area contributed by atoms with Crippen molar-refractivity contribution in [3.05, 3.63) is 56.0 Å². The standard InChI is InChI=1S/C16H18N4O3/c1-2-3-15-14(10-17-11-4-5-11)16(21)19(18-15)12-6-8-13(9-7-12)20(22)23/h6-11,18H,2-5H2,1H3. The lowest BCUT2D eigenvalue weighted by molar-refractivity contribution is -0.384. The molecule has 1 heterocycles. The minimum absolute atomic E-state index is 0.00217. The lowest BCUT2D eigenvalue weighted by atomic mass is 10.2. The molecule has 1 saturated carbocycles. The van der Waals surface area contributed by atoms with E-state index in [0.29, 0.717) is 17.3 Å². The first-order valence-corrected chi connectivity index (χ1v) is 7.72. The van der Waals surface area contributed by atoms with Crippen LogP contribution in [0.3, 0.4) is 0 Å². The largest absolute Gasteiger partial charge is 0.294 e. The van der Waals surface area contributed by atoms with Crippen LogP contribution >= 0.6 is 0 Å². The summed E-state index contributed by atoms with van der Waals surface area (Å²) < 4.78 is 1.42. The second-order valence-electron chi connectivity index (χ2n) is 5.68. The summed E-state index contributed by atoms with van der Waals surface area (Å²) in [5.41, 5.74) is 1.82. The number of hydrogen-bond acceptors (Lipinski definition) is 4. The molecule has 1 aromatic heterocycles. The maximum Gasteiger partial charge on any atom is 0.280 e. The SMILES string of the molecule is CCCc1[nH]n(-c2ccc([N+](=O)[O-])cc2)c(=O)c1C=NC1CC1. The first-order chi connectivity index (χ1) is 11.1. The number of non-ortho nitro benzene ring substituents is 1. The van der Waals surface area contributed by atoms with Gasteiger partial charge in [-0.15, -0.1) is 0 Å². The van der Waals surface area contributed by atoms with E-state index >= 15 is 0 Å². The van der Waals surface area contributed by atoms with Gasteiger partial charge < -0.3 is 0 Å². The second kappa shape index (κ2) is 6.20. The average Bonchev–Trinajstić information content (AvgIpc) is 3.31. The van der Waals surface area contributed by atoms with Gasteiger partial charge in [0.15, 0.2) is 0 Å². The van der Waals surface area contributed by atoms with Gasteiger partial charge in [-0.05, 0) is 31.4 Å². The van der Waals surface area contributed by atoms with Crippen LogP contribution in [0.25, 0.3) is 5.69 Å². The molecule has 0 atom stereocenters. The number of nitro groups is 1. The number of aromatic nitrogens is 2. The first kappa shape index (κ1) is 15.2. The third-order valence-corrected chi connectivity index (χ3v) is 3.79. The highest BCUT2D eigenvalue weighted by molar-refractivity contribution is 5.81. The van der Waals surface area contributed by atoms with Crippen LogP contribution in [0, 0.1) is 10.1 Å². The van der Waals surface area contributed by atoms with E-state index in [4.69, 9.17) is 0 Å². The van der Waals surface area contributed by atoms with Crippen LogP contribution in [0.2, 0.25) is 0 Å². The van der Waals surface area contributed by atoms with Crippen LogP contribution in [0.1, 0.15) is 37.4 Å². The maximum atomic E-state index is 12.6. The summed E-state index contributed by atoms with van der Waals surface area (Å²) >= 11 is 0. The van der Waals surface area contributed by atoms with Crippen molar-refractivity contribution in [3.8, 4) is 5.69 Å². The zero-order chi connectivity index (χ0) is 16.4. The number of rotatable bonds is 6. The molecular formula is C16H18N4O3. The van der Waals surface area contributed by atoms with E-state index in [-0.39, 0.29) is 11.2 Å². The van der Waals surface area contributed by atoms with Crippen LogP contribution < -0.4 is 5.56 Å². The van der Waals surface area contributed by atoms with Crippen LogP contribution in [-0.4, -0.2) is 27.0 Å². The number of nitrogens with one attached hydrogen (secondary N) is 1. The summed E-state index contributed by atoms with van der Waals surface area (Å²) in [6.07, 6.45) is 5.50. The number of aromatic amines is 1. The average molecular weight is 314 g/mol. The summed E-state index contributed by atoms with van der Waals surface area (Å²) in [5, 5.41) is 13.8. The van der Waals surface area contributed by atoms with Crippen molar-refractivity contribution >= 4 is 11.9 Å². The molecule has 23 heavy (non-hydrogen) atoms. The van der Waals surface area contributed by atoms with Crippen LogP contribution in [0.5, 0.6) is 0 Å². The molecule has 7 heteroatoms. The van der Waals surface area contributed by atoms with E-state index in [1.54, 1.807) is 18.3 Å². The van der Waals surface area contributed by atoms with Crippen molar-refractivity contribution in [1.82, 2.24) is 9.78 Å². The summed E-state index contributed by atoms with van der Waals surface area (Å²) in [7, 11) is 0. The van der Waals surface area contributed by atoms with Gasteiger partial charge in [0, 0.05) is 24.0 Å². The minimum Gasteiger partial charge on any atom is -0.294 e. The van der Waals surface area contributed by atoms with E-state index in [9.17, 15) is 14.9 Å². The number of nitrogens with zero attached hydrogens (tertiary/aromatic N) is 3. The summed E-state index contributed by atoms with van der Waals surface area (Å²) in [6.45, 7) is 2.04. The fourth-order valence-corrected chi connectivity index (χ4v) is 2.38. The third-order valence-electron chi connectivity index (χ3n) is 3.79. The van der Waals surface area contributed by atoms with E-state index in [1.807, 2.05) is 6.92 Å². The molecule has 1 aliphatic carbocycles. The number of aryl methyl sites for hydroxylation is 1. The van der Waals surface area contributed by atoms with Crippen molar-refractivity contribution in [3.63, 3.8) is 0 Å². The predicted octanol–water partition coefficient (Wildman–Crippen LogP) is 2.61. The molecule has 0 radical (unpaired) electrons. The van der Waals surface area contributed by atoms with Gasteiger partial charge in [0.2, 0.25) is 0 Å². The minimum atomic E-state index is -0.461. The Kier molecular flexibility index (Phi) is 4.10. The van der Waals surface area contributed by atoms with Crippen LogP contribution in [-0.2, 0) is 6.42 Å². The van der Waals surface area contributed by atoms with Crippen molar-refractivity contribution < 1.29 is 4.92 Å². The number of nitro benzene ring substituents is 1. The molecule has 3 rings (SSSR count). The Hall–Kier alpha value is -2.70. The molecule has 2 aromatic rings. The zero-order valence-corrected chi connectivity index (χ0v) is 12.9. The zero-order valence-electron chi connectivity index (χ0n) is 12.9. The number of H-pyrrole nitrogens is 1. The molecule has 0 saturated heterocycles. The fraction of sp³-hybridized carbons (Fsp3) is 0.375. The van der Waals surface area contributed by atoms with Crippen molar-refractivity contribution in [2.24, 2.45) is 4.99 Å². The van der Waals surface area contributed by atoms with E-state index in [0.717, 1.165) is 31.4 Å². The number of benzene rings is 1. The third kappa shape index (κ3) is 3.23. The fourth-order valence-electron chi connectivity index (χ4n) is 2.38. The van der Waals surface area contributed by atoms with E-state index < -0.39 is 4.92 Å². The molecule has 0 unspecified atom stereocenters. The summed E-state index contributed by atoms with van der Waals surface area (Å²) in [5.74, 6) is 0. The Morgan fingerprint density at radius 2 is 2.09 bits per heavy atom. The molecule has 120 valence electrons. The van der Waals surface area contributed by atoms with Crippen LogP contribution in [0.15, 0.2) is 34.1 Å². The highest BCUT2D eigenvalue weighted by atomic mass is 16.6. The summed E-state index contributed by atoms with van der Waals surface area (Å²) in [4.78, 5) is 27.3. The van der Waals surface area contributed by atoms with Crippen LogP contribution in [0.4, 0.5) is 5.69 Å². The molecule has 0 spiro atoms. The predicted molar refractivity (Wildman–Crippen MR) is 87.7 cm³/mol. The van der Waals surface area contributed by atoms with Gasteiger partial charge in [0.25, 0.3) is 11.2 Å². The van der Waals surface area contributed by atoms with Crippen molar-refractivity contribution in [1.29, 1.82) is 0 Å². The number of hydrogen-bond donors (Lipinski definition) is 1. The van der Waals surface area contributed by atoms with Gasteiger partial charge >= 0.3 is 0 Å². The molecular weight excluding hydrogens is 296 g/mol. The first-order valence-electron chi connectivity index (χ1n) is 7.72. The Morgan fingerprint density at radius 1 is 1.39 bits per heavy atom. The Labute approximate surface area is 132 Å². The highest BCUT2D eigenvalue weighted by Crippen LogP contribution is 2.23. The second-order valence-corrected chi connectivity index (χ2v) is 5.68. The Bertz CT molecular complexity index is 798. The number of aliphatic imine (C=N–C) groups is 1. The monoisotopic (exact) mass is 314 g/mol.